The highest BCUT2D eigenvalue weighted by molar-refractivity contribution is 7.46. The Kier molecular flexibility index (Phi) is 12.6. The van der Waals surface area contributed by atoms with Gasteiger partial charge in [0.05, 0.1) is 30.3 Å². The summed E-state index contributed by atoms with van der Waals surface area (Å²) in [5.41, 5.74) is -3.89. The lowest BCUT2D eigenvalue weighted by Crippen LogP contribution is -2.52. The number of carboxylic acids is 2. The summed E-state index contributed by atoms with van der Waals surface area (Å²) in [6, 6.07) is 0.370. The molecule has 4 atom stereocenters. The number of phosphoric acid groups is 1. The lowest BCUT2D eigenvalue weighted by atomic mass is 9.84. The maximum Gasteiger partial charge on any atom is 0.469 e. The van der Waals surface area contributed by atoms with E-state index in [4.69, 9.17) is 14.7 Å². The van der Waals surface area contributed by atoms with Gasteiger partial charge in [0.1, 0.15) is 29.1 Å². The first kappa shape index (κ1) is 44.9. The number of aliphatic carboxylic acids is 2. The highest BCUT2D eigenvalue weighted by atomic mass is 31.2. The minimum atomic E-state index is -5.24. The number of carbonyl (C=O) groups excluding carboxylic acids is 4. The van der Waals surface area contributed by atoms with Crippen LogP contribution in [0.4, 0.5) is 19.4 Å². The Balaban J connectivity index is 1.42. The number of hydrogen-bond acceptors (Lipinski definition) is 13. The van der Waals surface area contributed by atoms with Crippen LogP contribution in [-0.2, 0) is 36.7 Å². The Labute approximate surface area is 348 Å². The molecule has 0 aliphatic carbocycles. The van der Waals surface area contributed by atoms with Crippen molar-refractivity contribution in [3.63, 3.8) is 0 Å². The number of carbonyl (C=O) groups is 6. The van der Waals surface area contributed by atoms with Crippen LogP contribution in [0.15, 0.2) is 46.6 Å². The molecule has 0 radical (unpaired) electrons. The fraction of sp³-hybridized carbons (Fsp3) is 0.378. The third-order valence-electron chi connectivity index (χ3n) is 10.5. The van der Waals surface area contributed by atoms with Gasteiger partial charge < -0.3 is 49.7 Å². The lowest BCUT2D eigenvalue weighted by Gasteiger charge is -2.42. The summed E-state index contributed by atoms with van der Waals surface area (Å²) in [4.78, 5) is 123. The first-order valence-electron chi connectivity index (χ1n) is 18.5. The molecule has 6 N–H and O–H groups in total. The molecular formula is C37H38F2N7O15P. The van der Waals surface area contributed by atoms with Gasteiger partial charge in [-0.25, -0.2) is 27.9 Å². The molecule has 3 aromatic rings. The number of nitrogens with one attached hydrogen (secondary N) is 2. The second kappa shape index (κ2) is 17.4. The van der Waals surface area contributed by atoms with E-state index in [1.54, 1.807) is 13.8 Å². The van der Waals surface area contributed by atoms with Crippen molar-refractivity contribution in [1.29, 1.82) is 0 Å². The summed E-state index contributed by atoms with van der Waals surface area (Å²) < 4.78 is 51.3. The minimum absolute atomic E-state index is 0.0180. The van der Waals surface area contributed by atoms with Crippen LogP contribution in [0.5, 0.6) is 5.75 Å². The SMILES string of the molecule is CC1=NO[C@@]2(CC[C@H](C)N3C[C@H]2n2cc(C(=O)NCc4ccc(F)cc4F)c(=O)c(OC(=O)N(C)c4ncc(C(=O)N[C@@H](CC(=O)O)C(=O)O)cc4COP(=O)(O)O)c2C3=O)C1. The number of oxime groups is 1. The number of halogens is 2. The number of fused-ring (bicyclic) bond motifs is 5. The van der Waals surface area contributed by atoms with E-state index in [9.17, 15) is 61.8 Å². The predicted molar refractivity (Wildman–Crippen MR) is 205 cm³/mol. The number of hydrogen-bond donors (Lipinski definition) is 6. The van der Waals surface area contributed by atoms with Gasteiger partial charge in [0.25, 0.3) is 17.7 Å². The molecule has 0 saturated carbocycles. The molecule has 25 heteroatoms. The summed E-state index contributed by atoms with van der Waals surface area (Å²) >= 11 is 0. The van der Waals surface area contributed by atoms with Gasteiger partial charge in [0.15, 0.2) is 11.3 Å². The highest BCUT2D eigenvalue weighted by Crippen LogP contribution is 2.46. The lowest BCUT2D eigenvalue weighted by molar-refractivity contribution is -0.145. The van der Waals surface area contributed by atoms with Crippen LogP contribution >= 0.6 is 7.82 Å². The number of rotatable bonds is 13. The van der Waals surface area contributed by atoms with Crippen molar-refractivity contribution in [2.24, 2.45) is 5.16 Å². The molecule has 4 amide bonds. The zero-order valence-corrected chi connectivity index (χ0v) is 33.8. The van der Waals surface area contributed by atoms with Crippen LogP contribution in [0, 0.1) is 11.6 Å². The number of aromatic nitrogens is 2. The summed E-state index contributed by atoms with van der Waals surface area (Å²) in [6.07, 6.45) is 0.488. The van der Waals surface area contributed by atoms with E-state index in [1.807, 2.05) is 5.32 Å². The van der Waals surface area contributed by atoms with Crippen LogP contribution in [0.25, 0.3) is 0 Å². The second-order valence-electron chi connectivity index (χ2n) is 14.8. The Bertz CT molecular complexity index is 2530. The third-order valence-corrected chi connectivity index (χ3v) is 10.9. The van der Waals surface area contributed by atoms with E-state index >= 15 is 0 Å². The van der Waals surface area contributed by atoms with Crippen LogP contribution in [0.3, 0.4) is 0 Å². The molecule has 5 heterocycles. The Morgan fingerprint density at radius 2 is 1.84 bits per heavy atom. The summed E-state index contributed by atoms with van der Waals surface area (Å²) in [5, 5.41) is 26.9. The topological polar surface area (TPSA) is 306 Å². The number of pyridine rings is 2. The number of amides is 4. The summed E-state index contributed by atoms with van der Waals surface area (Å²) in [6.45, 7) is 1.96. The zero-order chi connectivity index (χ0) is 45.4. The second-order valence-corrected chi connectivity index (χ2v) is 16.0. The van der Waals surface area contributed by atoms with Crippen LogP contribution < -0.4 is 25.7 Å². The highest BCUT2D eigenvalue weighted by Gasteiger charge is 2.54. The standard InChI is InChI=1S/C37H38F2N7O15P/c1-17-11-37(61-43-17)7-6-18(2)45-15-26(37)46-14-23(33(51)41-12-19-4-5-22(38)9-24(19)39)29(49)30(28(46)34(45)52)60-36(55)44(3)31-21(16-59-62(56,57)58)8-20(13-40-31)32(50)42-25(35(53)54)10-27(47)48/h4-5,8-9,13-14,18,25-26H,6-7,10-12,15-16H2,1-3H3,(H,41,51)(H,42,50)(H,47,48)(H,53,54)(H2,56,57,58)/t18-,25-,26+,37-/m0/s1. The number of ether oxygens (including phenoxy) is 1. The van der Waals surface area contributed by atoms with Gasteiger partial charge in [0, 0.05) is 62.2 Å². The van der Waals surface area contributed by atoms with Gasteiger partial charge in [-0.05, 0) is 38.8 Å². The van der Waals surface area contributed by atoms with Crippen LogP contribution in [0.1, 0.15) is 87.9 Å². The zero-order valence-electron chi connectivity index (χ0n) is 32.9. The molecule has 330 valence electrons. The Morgan fingerprint density at radius 3 is 2.47 bits per heavy atom. The normalized spacial score (nSPS) is 19.7. The van der Waals surface area contributed by atoms with E-state index < -0.39 is 138 Å². The Hall–Kier alpha value is -6.62. The molecule has 1 spiro atoms. The van der Waals surface area contributed by atoms with Crippen LogP contribution in [-0.4, -0.2) is 107 Å². The van der Waals surface area contributed by atoms with Crippen LogP contribution in [0.2, 0.25) is 0 Å². The fourth-order valence-corrected chi connectivity index (χ4v) is 7.66. The molecule has 6 rings (SSSR count). The van der Waals surface area contributed by atoms with E-state index in [2.05, 4.69) is 20.0 Å². The molecule has 3 aliphatic rings. The van der Waals surface area contributed by atoms with E-state index in [0.29, 0.717) is 29.5 Å². The number of benzene rings is 1. The summed E-state index contributed by atoms with van der Waals surface area (Å²) in [7, 11) is -4.22. The molecule has 62 heavy (non-hydrogen) atoms. The Morgan fingerprint density at radius 1 is 1.11 bits per heavy atom. The maximum atomic E-state index is 14.5. The van der Waals surface area contributed by atoms with E-state index in [-0.39, 0.29) is 18.5 Å². The summed E-state index contributed by atoms with van der Waals surface area (Å²) in [5.74, 6) is -9.63. The van der Waals surface area contributed by atoms with Crippen molar-refractivity contribution in [2.75, 3.05) is 18.5 Å². The molecule has 1 aromatic carbocycles. The number of phosphoric ester groups is 1. The van der Waals surface area contributed by atoms with Crippen molar-refractivity contribution in [3.05, 3.63) is 86.5 Å². The van der Waals surface area contributed by atoms with Gasteiger partial charge in [0.2, 0.25) is 11.2 Å². The maximum absolute atomic E-state index is 14.5. The average molecular weight is 890 g/mol. The first-order valence-corrected chi connectivity index (χ1v) is 20.1. The molecule has 1 fully saturated rings. The number of carboxylic acid groups (broad SMARTS) is 2. The molecule has 3 aliphatic heterocycles. The molecule has 2 aromatic heterocycles. The van der Waals surface area contributed by atoms with Gasteiger partial charge in [-0.1, -0.05) is 11.2 Å². The molecule has 22 nitrogen and oxygen atoms in total. The molecule has 1 saturated heterocycles. The van der Waals surface area contributed by atoms with Crippen molar-refractivity contribution in [2.45, 2.75) is 76.4 Å². The van der Waals surface area contributed by atoms with Crippen molar-refractivity contribution >= 4 is 55.1 Å². The van der Waals surface area contributed by atoms with E-state index in [1.165, 1.54) is 9.47 Å². The van der Waals surface area contributed by atoms with Gasteiger partial charge in [-0.3, -0.25) is 33.4 Å². The van der Waals surface area contributed by atoms with Crippen molar-refractivity contribution in [1.82, 2.24) is 25.1 Å². The van der Waals surface area contributed by atoms with Crippen molar-refractivity contribution in [3.8, 4) is 5.75 Å². The number of anilines is 1. The van der Waals surface area contributed by atoms with Gasteiger partial charge in [-0.2, -0.15) is 0 Å². The van der Waals surface area contributed by atoms with Gasteiger partial charge in [-0.15, -0.1) is 0 Å². The third kappa shape index (κ3) is 9.32. The molecule has 0 unspecified atom stereocenters. The number of nitrogens with zero attached hydrogens (tertiary/aromatic N) is 5. The first-order chi connectivity index (χ1) is 29.1. The fourth-order valence-electron chi connectivity index (χ4n) is 7.35. The van der Waals surface area contributed by atoms with Crippen molar-refractivity contribution < 1.29 is 76.2 Å². The molecular weight excluding hydrogens is 851 g/mol. The van der Waals surface area contributed by atoms with E-state index in [0.717, 1.165) is 37.6 Å². The minimum Gasteiger partial charge on any atom is -0.481 e. The quantitative estimate of drug-likeness (QED) is 0.134. The monoisotopic (exact) mass is 889 g/mol. The predicted octanol–water partition coefficient (Wildman–Crippen LogP) is 2.07. The smallest absolute Gasteiger partial charge is 0.469 e. The molecule has 2 bridgehead atoms. The van der Waals surface area contributed by atoms with Gasteiger partial charge >= 0.3 is 25.9 Å². The largest absolute Gasteiger partial charge is 0.481 e. The average Bonchev–Trinajstić information content (AvgIpc) is 3.53.